The molecule has 0 heteroatoms. The number of rotatable bonds is 0. The van der Waals surface area contributed by atoms with Crippen molar-refractivity contribution in [1.82, 2.24) is 0 Å². The molecule has 0 saturated heterocycles. The van der Waals surface area contributed by atoms with Crippen molar-refractivity contribution in [3.8, 4) is 0 Å². The van der Waals surface area contributed by atoms with Crippen LogP contribution in [0.5, 0.6) is 0 Å². The van der Waals surface area contributed by atoms with Gasteiger partial charge >= 0.3 is 0 Å². The molecule has 166 valence electrons. The second-order valence-electron chi connectivity index (χ2n) is 9.67. The van der Waals surface area contributed by atoms with Crippen LogP contribution in [0.25, 0.3) is 32.3 Å². The zero-order valence-corrected chi connectivity index (χ0v) is 19.7. The quantitative estimate of drug-likeness (QED) is 0.201. The Kier molecular flexibility index (Phi) is 4.03. The van der Waals surface area contributed by atoms with Crippen LogP contribution in [0.1, 0.15) is 0 Å². The van der Waals surface area contributed by atoms with Crippen molar-refractivity contribution in [3.05, 3.63) is 175 Å². The van der Waals surface area contributed by atoms with Gasteiger partial charge in [-0.2, -0.15) is 0 Å². The molecule has 7 aromatic carbocycles. The molecule has 0 spiro atoms. The first kappa shape index (κ1) is 19.6. The van der Waals surface area contributed by atoms with Gasteiger partial charge in [0.2, 0.25) is 0 Å². The lowest BCUT2D eigenvalue weighted by Gasteiger charge is -2.11. The zero-order valence-electron chi connectivity index (χ0n) is 19.7. The lowest BCUT2D eigenvalue weighted by molar-refractivity contribution is 1.29. The van der Waals surface area contributed by atoms with E-state index in [1.807, 2.05) is 0 Å². The molecule has 0 fully saturated rings. The van der Waals surface area contributed by atoms with Crippen molar-refractivity contribution in [2.24, 2.45) is 0 Å². The first-order chi connectivity index (χ1) is 17.9. The van der Waals surface area contributed by atoms with E-state index in [2.05, 4.69) is 133 Å². The molecule has 7 aromatic rings. The number of fused-ring (bicyclic) bond motifs is 10. The standard InChI is InChI=1S/C36H22/c1-2-12-24-23(11-1)25-13-3-7-17-29(25)33-21-35-31-19-9-5-15-27(31)28-16-6-10-20-32(28)36(35)22-34(33)30-18-8-4-14-26(24)30/h1-22H/b25-23-,26-24-,33-29-,34-30-. The minimum absolute atomic E-state index is 1.29. The van der Waals surface area contributed by atoms with Crippen LogP contribution in [0.3, 0.4) is 0 Å². The first-order valence-electron chi connectivity index (χ1n) is 12.5. The molecule has 0 heterocycles. The Morgan fingerprint density at radius 1 is 0.194 bits per heavy atom. The highest BCUT2D eigenvalue weighted by Crippen LogP contribution is 2.35. The highest BCUT2D eigenvalue weighted by Gasteiger charge is 2.10. The van der Waals surface area contributed by atoms with E-state index in [0.29, 0.717) is 0 Å². The fourth-order valence-electron chi connectivity index (χ4n) is 6.26. The van der Waals surface area contributed by atoms with E-state index in [1.54, 1.807) is 0 Å². The lowest BCUT2D eigenvalue weighted by Crippen LogP contribution is -1.91. The predicted octanol–water partition coefficient (Wildman–Crippen LogP) is 8.61. The molecule has 0 saturated carbocycles. The Morgan fingerprint density at radius 3 is 0.722 bits per heavy atom. The smallest absolute Gasteiger partial charge is 0.00923 e. The third-order valence-electron chi connectivity index (χ3n) is 7.82. The molecular formula is C36H22. The summed E-state index contributed by atoms with van der Waals surface area (Å²) in [6.45, 7) is 0. The number of hydrogen-bond donors (Lipinski definition) is 0. The summed E-state index contributed by atoms with van der Waals surface area (Å²) in [5.41, 5.74) is 0. The molecule has 0 bridgehead atoms. The molecule has 8 rings (SSSR count). The van der Waals surface area contributed by atoms with Crippen LogP contribution < -0.4 is 0 Å². The first-order valence-corrected chi connectivity index (χ1v) is 12.5. The van der Waals surface area contributed by atoms with E-state index in [4.69, 9.17) is 0 Å². The van der Waals surface area contributed by atoms with Gasteiger partial charge < -0.3 is 0 Å². The van der Waals surface area contributed by atoms with Gasteiger partial charge in [0.15, 0.2) is 0 Å². The van der Waals surface area contributed by atoms with E-state index >= 15 is 0 Å². The summed E-state index contributed by atoms with van der Waals surface area (Å²) in [5.74, 6) is 0. The van der Waals surface area contributed by atoms with Gasteiger partial charge in [-0.15, -0.1) is 0 Å². The highest BCUT2D eigenvalue weighted by molar-refractivity contribution is 6.25. The Hall–Kier alpha value is -4.68. The van der Waals surface area contributed by atoms with Crippen LogP contribution in [0.4, 0.5) is 0 Å². The van der Waals surface area contributed by atoms with Crippen LogP contribution in [-0.2, 0) is 0 Å². The molecular weight excluding hydrogens is 432 g/mol. The van der Waals surface area contributed by atoms with E-state index in [0.717, 1.165) is 0 Å². The van der Waals surface area contributed by atoms with Gasteiger partial charge in [0, 0.05) is 0 Å². The van der Waals surface area contributed by atoms with Crippen molar-refractivity contribution in [1.29, 1.82) is 0 Å². The summed E-state index contributed by atoms with van der Waals surface area (Å²) in [6.07, 6.45) is 0. The zero-order chi connectivity index (χ0) is 23.6. The van der Waals surface area contributed by atoms with Gasteiger partial charge in [-0.05, 0) is 86.2 Å². The van der Waals surface area contributed by atoms with E-state index in [1.165, 1.54) is 74.1 Å². The lowest BCUT2D eigenvalue weighted by atomic mass is 9.92. The third-order valence-corrected chi connectivity index (χ3v) is 7.82. The van der Waals surface area contributed by atoms with Gasteiger partial charge in [-0.3, -0.25) is 0 Å². The summed E-state index contributed by atoms with van der Waals surface area (Å²) in [5, 5.41) is 18.2. The minimum Gasteiger partial charge on any atom is -0.0616 e. The van der Waals surface area contributed by atoms with Gasteiger partial charge in [0.05, 0.1) is 0 Å². The van der Waals surface area contributed by atoms with Crippen LogP contribution in [0, 0.1) is 41.7 Å². The Bertz CT molecular complexity index is 2250. The van der Waals surface area contributed by atoms with Gasteiger partial charge in [-0.25, -0.2) is 0 Å². The molecule has 0 unspecified atom stereocenters. The van der Waals surface area contributed by atoms with Crippen molar-refractivity contribution in [2.75, 3.05) is 0 Å². The topological polar surface area (TPSA) is 0 Å². The fourth-order valence-corrected chi connectivity index (χ4v) is 6.26. The second kappa shape index (κ2) is 7.41. The number of hydrogen-bond acceptors (Lipinski definition) is 0. The molecule has 36 heavy (non-hydrogen) atoms. The third kappa shape index (κ3) is 2.64. The average molecular weight is 455 g/mol. The normalized spacial score (nSPS) is 15.9. The van der Waals surface area contributed by atoms with Crippen LogP contribution in [0.2, 0.25) is 0 Å². The van der Waals surface area contributed by atoms with Crippen LogP contribution in [0.15, 0.2) is 133 Å². The molecule has 0 nitrogen and oxygen atoms in total. The summed E-state index contributed by atoms with van der Waals surface area (Å²) < 4.78 is 0. The van der Waals surface area contributed by atoms with E-state index < -0.39 is 0 Å². The molecule has 0 aliphatic heterocycles. The fraction of sp³-hybridized carbons (Fsp3) is 0. The monoisotopic (exact) mass is 454 g/mol. The molecule has 0 N–H and O–H groups in total. The largest absolute Gasteiger partial charge is 0.0616 e. The van der Waals surface area contributed by atoms with Crippen molar-refractivity contribution in [3.63, 3.8) is 0 Å². The average Bonchev–Trinajstić information content (AvgIpc) is 2.96. The van der Waals surface area contributed by atoms with Gasteiger partial charge in [-0.1, -0.05) is 121 Å². The number of benzene rings is 7. The SMILES string of the molecule is c1ccc2/c(c1)=c1/cccc/c1=c1\cc3c4ccccc4c4ccccc4c3c\c1=c1/cccc/c1=2. The van der Waals surface area contributed by atoms with Crippen LogP contribution in [-0.4, -0.2) is 0 Å². The molecule has 0 aromatic heterocycles. The van der Waals surface area contributed by atoms with E-state index in [-0.39, 0.29) is 0 Å². The maximum Gasteiger partial charge on any atom is -0.00923 e. The molecule has 0 atom stereocenters. The second-order valence-corrected chi connectivity index (χ2v) is 9.67. The van der Waals surface area contributed by atoms with Gasteiger partial charge in [0.1, 0.15) is 0 Å². The molecule has 0 amide bonds. The maximum atomic E-state index is 2.45. The summed E-state index contributed by atoms with van der Waals surface area (Å²) in [7, 11) is 0. The van der Waals surface area contributed by atoms with Crippen LogP contribution >= 0.6 is 0 Å². The predicted molar refractivity (Wildman–Crippen MR) is 149 cm³/mol. The molecule has 1 aliphatic rings. The van der Waals surface area contributed by atoms with Crippen molar-refractivity contribution < 1.29 is 0 Å². The summed E-state index contributed by atoms with van der Waals surface area (Å²) >= 11 is 0. The summed E-state index contributed by atoms with van der Waals surface area (Å²) in [4.78, 5) is 0. The maximum absolute atomic E-state index is 2.45. The molecule has 1 aliphatic carbocycles. The van der Waals surface area contributed by atoms with Crippen molar-refractivity contribution >= 4 is 32.3 Å². The Morgan fingerprint density at radius 2 is 0.417 bits per heavy atom. The van der Waals surface area contributed by atoms with Crippen molar-refractivity contribution in [2.45, 2.75) is 0 Å². The summed E-state index contributed by atoms with van der Waals surface area (Å²) in [6, 6.07) is 49.2. The van der Waals surface area contributed by atoms with Gasteiger partial charge in [0.25, 0.3) is 0 Å². The molecule has 0 radical (unpaired) electrons. The Balaban J connectivity index is 1.87. The minimum atomic E-state index is 1.29. The Labute approximate surface area is 207 Å². The van der Waals surface area contributed by atoms with E-state index in [9.17, 15) is 0 Å². The highest BCUT2D eigenvalue weighted by atomic mass is 14.1.